The molecule has 128 valence electrons. The SMILES string of the molecule is CCNC(=O)c1ccc(C)c(NC(=O)c2cnc3c(c2)nnn3C)c1. The van der Waals surface area contributed by atoms with Crippen molar-refractivity contribution < 1.29 is 9.59 Å². The van der Waals surface area contributed by atoms with Gasteiger partial charge in [-0.15, -0.1) is 5.10 Å². The number of amides is 2. The Morgan fingerprint density at radius 1 is 1.16 bits per heavy atom. The standard InChI is InChI=1S/C17H18N6O2/c1-4-18-16(24)11-6-5-10(2)13(7-11)20-17(25)12-8-14-15(19-9-12)23(3)22-21-14/h5-9H,4H2,1-3H3,(H,18,24)(H,20,25). The fourth-order valence-corrected chi connectivity index (χ4v) is 2.41. The van der Waals surface area contributed by atoms with Gasteiger partial charge in [-0.05, 0) is 37.6 Å². The fourth-order valence-electron chi connectivity index (χ4n) is 2.41. The molecule has 0 radical (unpaired) electrons. The molecule has 0 bridgehead atoms. The molecule has 0 saturated carbocycles. The monoisotopic (exact) mass is 338 g/mol. The summed E-state index contributed by atoms with van der Waals surface area (Å²) in [6, 6.07) is 6.81. The molecular weight excluding hydrogens is 320 g/mol. The summed E-state index contributed by atoms with van der Waals surface area (Å²) in [4.78, 5) is 28.7. The summed E-state index contributed by atoms with van der Waals surface area (Å²) >= 11 is 0. The van der Waals surface area contributed by atoms with E-state index >= 15 is 0 Å². The normalized spacial score (nSPS) is 10.7. The number of anilines is 1. The number of rotatable bonds is 4. The molecule has 3 aromatic rings. The van der Waals surface area contributed by atoms with Crippen LogP contribution in [0, 0.1) is 6.92 Å². The van der Waals surface area contributed by atoms with Crippen LogP contribution in [0.25, 0.3) is 11.2 Å². The van der Waals surface area contributed by atoms with Crippen LogP contribution in [0.3, 0.4) is 0 Å². The summed E-state index contributed by atoms with van der Waals surface area (Å²) in [5, 5.41) is 13.4. The van der Waals surface area contributed by atoms with Gasteiger partial charge >= 0.3 is 0 Å². The van der Waals surface area contributed by atoms with Gasteiger partial charge in [-0.2, -0.15) is 0 Å². The Balaban J connectivity index is 1.86. The molecule has 2 amide bonds. The molecule has 3 rings (SSSR count). The van der Waals surface area contributed by atoms with Crippen molar-refractivity contribution in [3.05, 3.63) is 47.2 Å². The number of benzene rings is 1. The molecule has 0 fully saturated rings. The number of nitrogens with one attached hydrogen (secondary N) is 2. The van der Waals surface area contributed by atoms with E-state index in [4.69, 9.17) is 0 Å². The molecule has 2 aromatic heterocycles. The number of nitrogens with zero attached hydrogens (tertiary/aromatic N) is 4. The van der Waals surface area contributed by atoms with Crippen molar-refractivity contribution in [2.45, 2.75) is 13.8 Å². The molecule has 0 spiro atoms. The molecule has 0 aliphatic heterocycles. The largest absolute Gasteiger partial charge is 0.352 e. The first-order chi connectivity index (χ1) is 12.0. The number of carbonyl (C=O) groups excluding carboxylic acids is 2. The summed E-state index contributed by atoms with van der Waals surface area (Å²) in [5.41, 5.74) is 3.44. The van der Waals surface area contributed by atoms with Gasteiger partial charge in [-0.1, -0.05) is 11.3 Å². The first-order valence-electron chi connectivity index (χ1n) is 7.85. The predicted octanol–water partition coefficient (Wildman–Crippen LogP) is 1.67. The van der Waals surface area contributed by atoms with Gasteiger partial charge in [0.15, 0.2) is 5.65 Å². The van der Waals surface area contributed by atoms with Gasteiger partial charge in [-0.3, -0.25) is 9.59 Å². The molecule has 0 aliphatic carbocycles. The maximum atomic E-state index is 12.5. The van der Waals surface area contributed by atoms with Crippen molar-refractivity contribution in [3.8, 4) is 0 Å². The Bertz CT molecular complexity index is 963. The third kappa shape index (κ3) is 3.32. The van der Waals surface area contributed by atoms with Crippen LogP contribution in [0.2, 0.25) is 0 Å². The molecule has 0 aliphatic rings. The lowest BCUT2D eigenvalue weighted by molar-refractivity contribution is 0.0954. The third-order valence-corrected chi connectivity index (χ3v) is 3.79. The lowest BCUT2D eigenvalue weighted by Crippen LogP contribution is -2.23. The first-order valence-corrected chi connectivity index (χ1v) is 7.85. The molecule has 2 heterocycles. The van der Waals surface area contributed by atoms with Crippen molar-refractivity contribution >= 4 is 28.7 Å². The van der Waals surface area contributed by atoms with Crippen LogP contribution >= 0.6 is 0 Å². The molecule has 8 heteroatoms. The molecule has 0 unspecified atom stereocenters. The summed E-state index contributed by atoms with van der Waals surface area (Å²) in [6.07, 6.45) is 1.48. The van der Waals surface area contributed by atoms with Crippen molar-refractivity contribution in [1.82, 2.24) is 25.3 Å². The van der Waals surface area contributed by atoms with Crippen LogP contribution in [0.4, 0.5) is 5.69 Å². The Morgan fingerprint density at radius 2 is 1.96 bits per heavy atom. The van der Waals surface area contributed by atoms with Crippen molar-refractivity contribution in [2.24, 2.45) is 7.05 Å². The van der Waals surface area contributed by atoms with Crippen LogP contribution in [0.5, 0.6) is 0 Å². The Morgan fingerprint density at radius 3 is 2.72 bits per heavy atom. The number of aryl methyl sites for hydroxylation is 2. The van der Waals surface area contributed by atoms with Crippen LogP contribution in [0.1, 0.15) is 33.2 Å². The smallest absolute Gasteiger partial charge is 0.257 e. The van der Waals surface area contributed by atoms with E-state index < -0.39 is 0 Å². The van der Waals surface area contributed by atoms with Crippen molar-refractivity contribution in [3.63, 3.8) is 0 Å². The van der Waals surface area contributed by atoms with Gasteiger partial charge in [0.1, 0.15) is 5.52 Å². The summed E-state index contributed by atoms with van der Waals surface area (Å²) in [7, 11) is 1.73. The van der Waals surface area contributed by atoms with E-state index in [0.717, 1.165) is 5.56 Å². The van der Waals surface area contributed by atoms with Crippen LogP contribution in [-0.4, -0.2) is 38.3 Å². The minimum Gasteiger partial charge on any atom is -0.352 e. The van der Waals surface area contributed by atoms with Crippen LogP contribution in [-0.2, 0) is 7.05 Å². The predicted molar refractivity (Wildman–Crippen MR) is 93.4 cm³/mol. The van der Waals surface area contributed by atoms with E-state index in [2.05, 4.69) is 25.9 Å². The second-order valence-corrected chi connectivity index (χ2v) is 5.62. The lowest BCUT2D eigenvalue weighted by Gasteiger charge is -2.10. The maximum Gasteiger partial charge on any atom is 0.257 e. The second-order valence-electron chi connectivity index (χ2n) is 5.62. The highest BCUT2D eigenvalue weighted by Gasteiger charge is 2.13. The van der Waals surface area contributed by atoms with Crippen LogP contribution in [0.15, 0.2) is 30.5 Å². The van der Waals surface area contributed by atoms with E-state index in [1.54, 1.807) is 31.3 Å². The van der Waals surface area contributed by atoms with Gasteiger partial charge in [0.05, 0.1) is 5.56 Å². The number of fused-ring (bicyclic) bond motifs is 1. The zero-order valence-electron chi connectivity index (χ0n) is 14.2. The van der Waals surface area contributed by atoms with Gasteiger partial charge in [0.2, 0.25) is 0 Å². The highest BCUT2D eigenvalue weighted by Crippen LogP contribution is 2.19. The van der Waals surface area contributed by atoms with E-state index in [1.807, 2.05) is 13.8 Å². The summed E-state index contributed by atoms with van der Waals surface area (Å²) < 4.78 is 1.54. The minimum atomic E-state index is -0.323. The molecule has 2 N–H and O–H groups in total. The number of aromatic nitrogens is 4. The zero-order chi connectivity index (χ0) is 18.0. The summed E-state index contributed by atoms with van der Waals surface area (Å²) in [6.45, 7) is 4.25. The van der Waals surface area contributed by atoms with Crippen molar-refractivity contribution in [2.75, 3.05) is 11.9 Å². The molecule has 25 heavy (non-hydrogen) atoms. The number of pyridine rings is 1. The van der Waals surface area contributed by atoms with Gasteiger partial charge in [-0.25, -0.2) is 9.67 Å². The molecule has 0 atom stereocenters. The summed E-state index contributed by atoms with van der Waals surface area (Å²) in [5.74, 6) is -0.503. The Kier molecular flexibility index (Phi) is 4.42. The topological polar surface area (TPSA) is 102 Å². The Labute approximate surface area is 144 Å². The third-order valence-electron chi connectivity index (χ3n) is 3.79. The van der Waals surface area contributed by atoms with Gasteiger partial charge in [0, 0.05) is 31.0 Å². The zero-order valence-corrected chi connectivity index (χ0v) is 14.2. The van der Waals surface area contributed by atoms with E-state index in [-0.39, 0.29) is 11.8 Å². The highest BCUT2D eigenvalue weighted by molar-refractivity contribution is 6.06. The number of carbonyl (C=O) groups is 2. The average Bonchev–Trinajstić information content (AvgIpc) is 2.97. The number of hydrogen-bond donors (Lipinski definition) is 2. The maximum absolute atomic E-state index is 12.5. The minimum absolute atomic E-state index is 0.180. The first kappa shape index (κ1) is 16.6. The van der Waals surface area contributed by atoms with Gasteiger partial charge in [0.25, 0.3) is 11.8 Å². The average molecular weight is 338 g/mol. The fraction of sp³-hybridized carbons (Fsp3) is 0.235. The van der Waals surface area contributed by atoms with E-state index in [9.17, 15) is 9.59 Å². The quantitative estimate of drug-likeness (QED) is 0.753. The lowest BCUT2D eigenvalue weighted by atomic mass is 10.1. The Hall–Kier alpha value is -3.29. The number of hydrogen-bond acceptors (Lipinski definition) is 5. The highest BCUT2D eigenvalue weighted by atomic mass is 16.2. The van der Waals surface area contributed by atoms with Crippen LogP contribution < -0.4 is 10.6 Å². The van der Waals surface area contributed by atoms with E-state index in [0.29, 0.717) is 34.5 Å². The van der Waals surface area contributed by atoms with Crippen molar-refractivity contribution in [1.29, 1.82) is 0 Å². The molecular formula is C17H18N6O2. The second kappa shape index (κ2) is 6.68. The molecule has 8 nitrogen and oxygen atoms in total. The van der Waals surface area contributed by atoms with Gasteiger partial charge < -0.3 is 10.6 Å². The molecule has 0 saturated heterocycles. The van der Waals surface area contributed by atoms with E-state index in [1.165, 1.54) is 10.9 Å². The molecule has 1 aromatic carbocycles.